The summed E-state index contributed by atoms with van der Waals surface area (Å²) in [6.45, 7) is 0. The number of halogens is 1. The highest BCUT2D eigenvalue weighted by Gasteiger charge is 2.08. The van der Waals surface area contributed by atoms with Crippen LogP contribution < -0.4 is 0 Å². The maximum absolute atomic E-state index is 6.05. The number of imidazole rings is 1. The maximum atomic E-state index is 6.05. The monoisotopic (exact) mass is 230 g/mol. The lowest BCUT2D eigenvalue weighted by atomic mass is 10.2. The fourth-order valence-electron chi connectivity index (χ4n) is 1.55. The summed E-state index contributed by atoms with van der Waals surface area (Å²) in [6, 6.07) is 3.68. The maximum Gasteiger partial charge on any atom is 0.140 e. The molecule has 0 fully saturated rings. The van der Waals surface area contributed by atoms with Gasteiger partial charge in [0.25, 0.3) is 0 Å². The van der Waals surface area contributed by atoms with Gasteiger partial charge in [0.2, 0.25) is 0 Å². The number of nitrogens with one attached hydrogen (secondary N) is 1. The van der Waals surface area contributed by atoms with Gasteiger partial charge in [-0.15, -0.1) is 0 Å². The van der Waals surface area contributed by atoms with E-state index in [1.165, 1.54) is 0 Å². The zero-order valence-electron chi connectivity index (χ0n) is 8.18. The average molecular weight is 231 g/mol. The van der Waals surface area contributed by atoms with Crippen molar-refractivity contribution in [1.29, 1.82) is 0 Å². The van der Waals surface area contributed by atoms with Crippen molar-refractivity contribution < 1.29 is 0 Å². The normalized spacial score (nSPS) is 10.8. The molecule has 0 atom stereocenters. The van der Waals surface area contributed by atoms with E-state index in [9.17, 15) is 0 Å². The third-order valence-electron chi connectivity index (χ3n) is 2.31. The van der Waals surface area contributed by atoms with Crippen molar-refractivity contribution in [2.24, 2.45) is 0 Å². The molecule has 0 saturated carbocycles. The summed E-state index contributed by atoms with van der Waals surface area (Å²) in [5, 5.41) is 0.578. The first-order chi connectivity index (χ1) is 7.84. The fourth-order valence-corrected chi connectivity index (χ4v) is 1.76. The van der Waals surface area contributed by atoms with E-state index >= 15 is 0 Å². The Morgan fingerprint density at radius 2 is 1.88 bits per heavy atom. The van der Waals surface area contributed by atoms with Gasteiger partial charge in [-0.2, -0.15) is 0 Å². The van der Waals surface area contributed by atoms with Crippen molar-refractivity contribution in [1.82, 2.24) is 19.9 Å². The van der Waals surface area contributed by atoms with Crippen LogP contribution >= 0.6 is 11.6 Å². The molecule has 0 aliphatic rings. The second-order valence-corrected chi connectivity index (χ2v) is 3.74. The molecule has 3 heterocycles. The zero-order valence-corrected chi connectivity index (χ0v) is 8.94. The number of aromatic nitrogens is 4. The van der Waals surface area contributed by atoms with Crippen LogP contribution in [-0.4, -0.2) is 19.9 Å². The minimum Gasteiger partial charge on any atom is -0.337 e. The Kier molecular flexibility index (Phi) is 2.08. The molecular weight excluding hydrogens is 224 g/mol. The largest absolute Gasteiger partial charge is 0.337 e. The fraction of sp³-hybridized carbons (Fsp3) is 0. The number of aromatic amines is 1. The third-order valence-corrected chi connectivity index (χ3v) is 2.61. The zero-order chi connectivity index (χ0) is 11.0. The molecule has 78 valence electrons. The molecule has 16 heavy (non-hydrogen) atoms. The first kappa shape index (κ1) is 9.30. The third kappa shape index (κ3) is 1.44. The van der Waals surface area contributed by atoms with Crippen molar-refractivity contribution in [2.45, 2.75) is 0 Å². The van der Waals surface area contributed by atoms with Gasteiger partial charge < -0.3 is 4.98 Å². The van der Waals surface area contributed by atoms with E-state index in [2.05, 4.69) is 19.9 Å². The molecule has 0 radical (unpaired) electrons. The smallest absolute Gasteiger partial charge is 0.140 e. The van der Waals surface area contributed by atoms with E-state index in [0.29, 0.717) is 5.02 Å². The predicted octanol–water partition coefficient (Wildman–Crippen LogP) is 2.67. The Labute approximate surface area is 96.3 Å². The molecule has 0 spiro atoms. The number of nitrogens with zero attached hydrogens (tertiary/aromatic N) is 3. The molecular formula is C11H7ClN4. The van der Waals surface area contributed by atoms with E-state index in [1.54, 1.807) is 24.8 Å². The Morgan fingerprint density at radius 3 is 2.69 bits per heavy atom. The first-order valence-corrected chi connectivity index (χ1v) is 5.12. The van der Waals surface area contributed by atoms with Gasteiger partial charge >= 0.3 is 0 Å². The summed E-state index contributed by atoms with van der Waals surface area (Å²) in [5.41, 5.74) is 2.61. The van der Waals surface area contributed by atoms with Crippen LogP contribution in [0.4, 0.5) is 0 Å². The molecule has 3 rings (SSSR count). The molecule has 0 saturated heterocycles. The Morgan fingerprint density at radius 1 is 1.06 bits per heavy atom. The van der Waals surface area contributed by atoms with E-state index in [1.807, 2.05) is 12.1 Å². The van der Waals surface area contributed by atoms with Gasteiger partial charge in [0.1, 0.15) is 5.82 Å². The Balaban J connectivity index is 2.23. The molecule has 1 N–H and O–H groups in total. The average Bonchev–Trinajstić information content (AvgIpc) is 2.73. The molecule has 3 aromatic heterocycles. The van der Waals surface area contributed by atoms with Gasteiger partial charge in [0.05, 0.1) is 22.3 Å². The summed E-state index contributed by atoms with van der Waals surface area (Å²) in [7, 11) is 0. The van der Waals surface area contributed by atoms with Crippen molar-refractivity contribution in [3.63, 3.8) is 0 Å². The van der Waals surface area contributed by atoms with Gasteiger partial charge in [-0.3, -0.25) is 9.97 Å². The van der Waals surface area contributed by atoms with Crippen LogP contribution in [0.25, 0.3) is 22.4 Å². The molecule has 4 nitrogen and oxygen atoms in total. The summed E-state index contributed by atoms with van der Waals surface area (Å²) in [6.07, 6.45) is 6.73. The summed E-state index contributed by atoms with van der Waals surface area (Å²) < 4.78 is 0. The second-order valence-electron chi connectivity index (χ2n) is 3.33. The van der Waals surface area contributed by atoms with Crippen molar-refractivity contribution >= 4 is 22.6 Å². The second kappa shape index (κ2) is 3.57. The SMILES string of the molecule is Clc1cnccc1-c1nc2ccncc2[nH]1. The number of hydrogen-bond acceptors (Lipinski definition) is 3. The molecule has 0 aromatic carbocycles. The van der Waals surface area contributed by atoms with E-state index < -0.39 is 0 Å². The molecule has 5 heteroatoms. The minimum atomic E-state index is 0.578. The lowest BCUT2D eigenvalue weighted by Gasteiger charge is -1.97. The van der Waals surface area contributed by atoms with Gasteiger partial charge in [-0.1, -0.05) is 11.6 Å². The summed E-state index contributed by atoms with van der Waals surface area (Å²) in [4.78, 5) is 15.6. The highest BCUT2D eigenvalue weighted by Crippen LogP contribution is 2.25. The van der Waals surface area contributed by atoms with Gasteiger partial charge in [-0.05, 0) is 12.1 Å². The Bertz CT molecular complexity index is 614. The summed E-state index contributed by atoms with van der Waals surface area (Å²) in [5.74, 6) is 0.732. The number of hydrogen-bond donors (Lipinski definition) is 1. The Hall–Kier alpha value is -1.94. The van der Waals surface area contributed by atoms with Crippen LogP contribution in [0.15, 0.2) is 36.9 Å². The quantitative estimate of drug-likeness (QED) is 0.699. The van der Waals surface area contributed by atoms with Crippen molar-refractivity contribution in [3.05, 3.63) is 41.9 Å². The molecule has 0 aliphatic carbocycles. The van der Waals surface area contributed by atoms with Crippen molar-refractivity contribution in [2.75, 3.05) is 0 Å². The highest BCUT2D eigenvalue weighted by atomic mass is 35.5. The van der Waals surface area contributed by atoms with E-state index in [-0.39, 0.29) is 0 Å². The van der Waals surface area contributed by atoms with Gasteiger partial charge in [0, 0.05) is 24.2 Å². The van der Waals surface area contributed by atoms with Gasteiger partial charge in [-0.25, -0.2) is 4.98 Å². The van der Waals surface area contributed by atoms with Crippen LogP contribution in [0.1, 0.15) is 0 Å². The predicted molar refractivity (Wildman–Crippen MR) is 62.1 cm³/mol. The number of pyridine rings is 2. The standard InChI is InChI=1S/C11H7ClN4/c12-8-5-13-3-1-7(8)11-15-9-2-4-14-6-10(9)16-11/h1-6H,(H,15,16). The molecule has 0 amide bonds. The minimum absolute atomic E-state index is 0.578. The molecule has 3 aromatic rings. The van der Waals surface area contributed by atoms with Gasteiger partial charge in [0.15, 0.2) is 0 Å². The molecule has 0 unspecified atom stereocenters. The van der Waals surface area contributed by atoms with Crippen LogP contribution in [0.2, 0.25) is 5.02 Å². The van der Waals surface area contributed by atoms with E-state index in [4.69, 9.17) is 11.6 Å². The first-order valence-electron chi connectivity index (χ1n) is 4.74. The highest BCUT2D eigenvalue weighted by molar-refractivity contribution is 6.33. The van der Waals surface area contributed by atoms with Crippen LogP contribution in [0.5, 0.6) is 0 Å². The summed E-state index contributed by atoms with van der Waals surface area (Å²) >= 11 is 6.05. The number of rotatable bonds is 1. The molecule has 0 bridgehead atoms. The lowest BCUT2D eigenvalue weighted by molar-refractivity contribution is 1.28. The van der Waals surface area contributed by atoms with Crippen molar-refractivity contribution in [3.8, 4) is 11.4 Å². The van der Waals surface area contributed by atoms with Crippen LogP contribution in [-0.2, 0) is 0 Å². The lowest BCUT2D eigenvalue weighted by Crippen LogP contribution is -1.82. The molecule has 0 aliphatic heterocycles. The number of H-pyrrole nitrogens is 1. The van der Waals surface area contributed by atoms with Crippen LogP contribution in [0.3, 0.4) is 0 Å². The van der Waals surface area contributed by atoms with E-state index in [0.717, 1.165) is 22.4 Å². The topological polar surface area (TPSA) is 54.5 Å². The van der Waals surface area contributed by atoms with Crippen LogP contribution in [0, 0.1) is 0 Å². The number of fused-ring (bicyclic) bond motifs is 1.